The number of alkyl halides is 6. The maximum absolute atomic E-state index is 12.7. The number of carbonyl (C=O) groups is 1. The van der Waals surface area contributed by atoms with Crippen LogP contribution in [-0.4, -0.2) is 6.29 Å². The van der Waals surface area contributed by atoms with Crippen LogP contribution in [0.2, 0.25) is 0 Å². The summed E-state index contributed by atoms with van der Waals surface area (Å²) in [7, 11) is 0. The van der Waals surface area contributed by atoms with Crippen molar-refractivity contribution in [1.29, 1.82) is 0 Å². The fourth-order valence-corrected chi connectivity index (χ4v) is 3.71. The van der Waals surface area contributed by atoms with Crippen molar-refractivity contribution in [2.45, 2.75) is 24.7 Å². The van der Waals surface area contributed by atoms with E-state index in [1.165, 1.54) is 35.6 Å². The molecule has 0 radical (unpaired) electrons. The van der Waals surface area contributed by atoms with Crippen LogP contribution in [0.3, 0.4) is 0 Å². The molecule has 0 aliphatic rings. The molecule has 8 heteroatoms. The minimum Gasteiger partial charge on any atom is -0.303 e. The topological polar surface area (TPSA) is 17.1 Å². The molecule has 0 saturated heterocycles. The molecule has 0 amide bonds. The second-order valence-electron chi connectivity index (χ2n) is 6.67. The van der Waals surface area contributed by atoms with Crippen LogP contribution in [0.1, 0.15) is 37.9 Å². The fraction of sp³-hybridized carbons (Fsp3) is 0.174. The number of thiophene rings is 1. The van der Waals surface area contributed by atoms with Crippen molar-refractivity contribution in [1.82, 2.24) is 0 Å². The van der Waals surface area contributed by atoms with E-state index < -0.39 is 29.4 Å². The number of rotatable bonds is 4. The Balaban J connectivity index is 1.70. The van der Waals surface area contributed by atoms with E-state index in [1.54, 1.807) is 12.1 Å². The minimum absolute atomic E-state index is 0.244. The summed E-state index contributed by atoms with van der Waals surface area (Å²) in [4.78, 5) is 12.9. The Morgan fingerprint density at radius 1 is 0.774 bits per heavy atom. The zero-order valence-electron chi connectivity index (χ0n) is 15.7. The third-order valence-electron chi connectivity index (χ3n) is 4.44. The number of hydrogen-bond donors (Lipinski definition) is 0. The molecular formula is C23H14F6OS. The Bertz CT molecular complexity index is 1100. The average Bonchev–Trinajstić information content (AvgIpc) is 3.18. The van der Waals surface area contributed by atoms with Gasteiger partial charge in [0.1, 0.15) is 6.29 Å². The third kappa shape index (κ3) is 5.98. The van der Waals surface area contributed by atoms with Gasteiger partial charge in [-0.3, -0.25) is 0 Å². The van der Waals surface area contributed by atoms with E-state index in [0.717, 1.165) is 30.6 Å². The zero-order valence-corrected chi connectivity index (χ0v) is 16.5. The highest BCUT2D eigenvalue weighted by molar-refractivity contribution is 7.12. The molecule has 3 rings (SSSR count). The summed E-state index contributed by atoms with van der Waals surface area (Å²) in [6.07, 6.45) is -7.85. The van der Waals surface area contributed by atoms with E-state index >= 15 is 0 Å². The lowest BCUT2D eigenvalue weighted by atomic mass is 9.98. The van der Waals surface area contributed by atoms with Crippen LogP contribution in [0.25, 0.3) is 0 Å². The molecule has 160 valence electrons. The van der Waals surface area contributed by atoms with Gasteiger partial charge in [-0.2, -0.15) is 26.3 Å². The first-order valence-corrected chi connectivity index (χ1v) is 9.78. The van der Waals surface area contributed by atoms with E-state index in [1.807, 2.05) is 0 Å². The van der Waals surface area contributed by atoms with Gasteiger partial charge in [-0.05, 0) is 60.5 Å². The summed E-state index contributed by atoms with van der Waals surface area (Å²) >= 11 is 1.25. The lowest BCUT2D eigenvalue weighted by Gasteiger charge is -2.10. The molecule has 1 nitrogen and oxygen atoms in total. The molecule has 1 heterocycles. The van der Waals surface area contributed by atoms with Crippen LogP contribution in [0.15, 0.2) is 60.7 Å². The minimum atomic E-state index is -4.42. The van der Waals surface area contributed by atoms with Gasteiger partial charge < -0.3 is 4.79 Å². The maximum atomic E-state index is 12.7. The molecule has 2 aromatic carbocycles. The first-order valence-electron chi connectivity index (χ1n) is 8.97. The predicted molar refractivity (Wildman–Crippen MR) is 106 cm³/mol. The van der Waals surface area contributed by atoms with Gasteiger partial charge in [0.15, 0.2) is 0 Å². The summed E-state index contributed by atoms with van der Waals surface area (Å²) < 4.78 is 75.8. The highest BCUT2D eigenvalue weighted by atomic mass is 32.1. The largest absolute Gasteiger partial charge is 0.416 e. The Labute approximate surface area is 178 Å². The van der Waals surface area contributed by atoms with Crippen molar-refractivity contribution in [2.24, 2.45) is 0 Å². The van der Waals surface area contributed by atoms with Crippen molar-refractivity contribution in [3.8, 4) is 11.8 Å². The first-order chi connectivity index (χ1) is 14.6. The van der Waals surface area contributed by atoms with E-state index in [0.29, 0.717) is 20.9 Å². The maximum Gasteiger partial charge on any atom is 0.416 e. The number of hydrogen-bond acceptors (Lipinski definition) is 2. The number of benzene rings is 2. The molecule has 1 aromatic heterocycles. The standard InChI is InChI=1S/C23H14F6OS/c24-22(25,26)18-6-1-15(2-7-18)5-10-20-11-12-21(31-20)17(14-30)13-16-3-8-19(9-4-16)23(27,28)29/h1-4,6-9,11-12,14,17H,13H2. The van der Waals surface area contributed by atoms with Crippen LogP contribution in [-0.2, 0) is 23.6 Å². The van der Waals surface area contributed by atoms with E-state index in [2.05, 4.69) is 11.8 Å². The zero-order chi connectivity index (χ0) is 22.6. The van der Waals surface area contributed by atoms with Crippen molar-refractivity contribution in [3.05, 3.63) is 92.7 Å². The molecular weight excluding hydrogens is 438 g/mol. The molecule has 0 spiro atoms. The molecule has 31 heavy (non-hydrogen) atoms. The fourth-order valence-electron chi connectivity index (χ4n) is 2.80. The molecule has 0 saturated carbocycles. The van der Waals surface area contributed by atoms with Crippen LogP contribution in [0.5, 0.6) is 0 Å². The van der Waals surface area contributed by atoms with Gasteiger partial charge in [0.05, 0.1) is 21.9 Å². The summed E-state index contributed by atoms with van der Waals surface area (Å²) in [5, 5.41) is 0. The predicted octanol–water partition coefficient (Wildman–Crippen LogP) is 6.71. The van der Waals surface area contributed by atoms with Crippen LogP contribution in [0.4, 0.5) is 26.3 Å². The van der Waals surface area contributed by atoms with Gasteiger partial charge in [-0.1, -0.05) is 24.0 Å². The monoisotopic (exact) mass is 452 g/mol. The molecule has 1 atom stereocenters. The highest BCUT2D eigenvalue weighted by Gasteiger charge is 2.30. The Morgan fingerprint density at radius 3 is 1.84 bits per heavy atom. The van der Waals surface area contributed by atoms with Crippen LogP contribution < -0.4 is 0 Å². The Hall–Kier alpha value is -3.05. The molecule has 1 unspecified atom stereocenters. The molecule has 0 aliphatic carbocycles. The first kappa shape index (κ1) is 22.6. The molecule has 0 N–H and O–H groups in total. The van der Waals surface area contributed by atoms with Gasteiger partial charge in [0.2, 0.25) is 0 Å². The summed E-state index contributed by atoms with van der Waals surface area (Å²) in [6.45, 7) is 0. The summed E-state index contributed by atoms with van der Waals surface area (Å²) in [5.41, 5.74) is -0.500. The molecule has 0 fully saturated rings. The third-order valence-corrected chi connectivity index (χ3v) is 5.57. The summed E-state index contributed by atoms with van der Waals surface area (Å²) in [6, 6.07) is 12.5. The van der Waals surface area contributed by atoms with E-state index in [9.17, 15) is 31.1 Å². The van der Waals surface area contributed by atoms with Crippen molar-refractivity contribution in [3.63, 3.8) is 0 Å². The molecule has 0 bridgehead atoms. The second kappa shape index (κ2) is 8.98. The number of carbonyl (C=O) groups excluding carboxylic acids is 1. The van der Waals surface area contributed by atoms with Gasteiger partial charge >= 0.3 is 12.4 Å². The smallest absolute Gasteiger partial charge is 0.303 e. The normalized spacial score (nSPS) is 12.7. The van der Waals surface area contributed by atoms with Gasteiger partial charge in [0, 0.05) is 10.4 Å². The summed E-state index contributed by atoms with van der Waals surface area (Å²) in [5.74, 6) is 5.09. The lowest BCUT2D eigenvalue weighted by molar-refractivity contribution is -0.138. The lowest BCUT2D eigenvalue weighted by Crippen LogP contribution is -2.06. The highest BCUT2D eigenvalue weighted by Crippen LogP contribution is 2.31. The SMILES string of the molecule is O=CC(Cc1ccc(C(F)(F)F)cc1)c1ccc(C#Cc2ccc(C(F)(F)F)cc2)s1. The van der Waals surface area contributed by atoms with E-state index in [4.69, 9.17) is 0 Å². The van der Waals surface area contributed by atoms with Gasteiger partial charge in [-0.15, -0.1) is 11.3 Å². The van der Waals surface area contributed by atoms with E-state index in [-0.39, 0.29) is 6.42 Å². The molecule has 3 aromatic rings. The number of aldehydes is 1. The second-order valence-corrected chi connectivity index (χ2v) is 7.78. The van der Waals surface area contributed by atoms with Crippen LogP contribution in [0, 0.1) is 11.8 Å². The van der Waals surface area contributed by atoms with Gasteiger partial charge in [0.25, 0.3) is 0 Å². The van der Waals surface area contributed by atoms with Gasteiger partial charge in [-0.25, -0.2) is 0 Å². The van der Waals surface area contributed by atoms with Crippen molar-refractivity contribution in [2.75, 3.05) is 0 Å². The average molecular weight is 452 g/mol. The van der Waals surface area contributed by atoms with Crippen LogP contribution >= 0.6 is 11.3 Å². The Morgan fingerprint density at radius 2 is 1.32 bits per heavy atom. The number of halogens is 6. The Kier molecular flexibility index (Phi) is 6.56. The quantitative estimate of drug-likeness (QED) is 0.244. The van der Waals surface area contributed by atoms with Crippen molar-refractivity contribution >= 4 is 17.6 Å². The van der Waals surface area contributed by atoms with Crippen molar-refractivity contribution < 1.29 is 31.1 Å². The molecule has 0 aliphatic heterocycles.